The third-order valence-corrected chi connectivity index (χ3v) is 3.47. The molecule has 1 aromatic carbocycles. The molecule has 1 atom stereocenters. The maximum atomic E-state index is 11.9. The number of hydrogen-bond donors (Lipinski definition) is 3. The van der Waals surface area contributed by atoms with Crippen molar-refractivity contribution in [2.24, 2.45) is 10.7 Å². The topological polar surface area (TPSA) is 105 Å². The van der Waals surface area contributed by atoms with Crippen LogP contribution in [-0.4, -0.2) is 32.1 Å². The molecule has 0 aliphatic rings. The number of aliphatic hydroxyl groups is 1. The summed E-state index contributed by atoms with van der Waals surface area (Å²) in [4.78, 5) is 3.82. The van der Waals surface area contributed by atoms with Crippen LogP contribution >= 0.6 is 0 Å². The Hall–Kier alpha value is -1.60. The number of aliphatic imine (C=N–C) groups is 1. The molecule has 0 aliphatic heterocycles. The maximum Gasteiger partial charge on any atom is 0.264 e. The number of benzene rings is 1. The molecule has 6 nitrogen and oxygen atoms in total. The molecule has 0 heterocycles. The van der Waals surface area contributed by atoms with Crippen molar-refractivity contribution in [3.63, 3.8) is 0 Å². The Balaban J connectivity index is 2.82. The zero-order valence-corrected chi connectivity index (χ0v) is 11.1. The summed E-state index contributed by atoms with van der Waals surface area (Å²) < 4.78 is 25.9. The van der Waals surface area contributed by atoms with Gasteiger partial charge in [-0.15, -0.1) is 0 Å². The number of sulfonamides is 1. The van der Waals surface area contributed by atoms with Crippen molar-refractivity contribution in [1.29, 1.82) is 0 Å². The number of rotatable bonds is 4. The predicted molar refractivity (Wildman–Crippen MR) is 69.7 cm³/mol. The van der Waals surface area contributed by atoms with E-state index < -0.39 is 16.1 Å². The summed E-state index contributed by atoms with van der Waals surface area (Å²) in [5, 5.41) is 9.01. The van der Waals surface area contributed by atoms with Gasteiger partial charge < -0.3 is 10.8 Å². The molecule has 100 valence electrons. The SMILES string of the molecule is Cc1ccc(S(=O)(=O)NC(N)=NCC(C)O)cc1. The molecule has 1 unspecified atom stereocenters. The number of hydrogen-bond acceptors (Lipinski definition) is 4. The van der Waals surface area contributed by atoms with E-state index in [4.69, 9.17) is 10.8 Å². The summed E-state index contributed by atoms with van der Waals surface area (Å²) in [7, 11) is -3.71. The number of nitrogens with one attached hydrogen (secondary N) is 1. The van der Waals surface area contributed by atoms with Gasteiger partial charge in [0.15, 0.2) is 0 Å². The van der Waals surface area contributed by atoms with Crippen molar-refractivity contribution in [3.05, 3.63) is 29.8 Å². The molecule has 0 aromatic heterocycles. The van der Waals surface area contributed by atoms with Gasteiger partial charge in [0.05, 0.1) is 17.5 Å². The summed E-state index contributed by atoms with van der Waals surface area (Å²) >= 11 is 0. The van der Waals surface area contributed by atoms with Gasteiger partial charge >= 0.3 is 0 Å². The Morgan fingerprint density at radius 2 is 2.00 bits per heavy atom. The van der Waals surface area contributed by atoms with Crippen LogP contribution in [0.2, 0.25) is 0 Å². The smallest absolute Gasteiger partial charge is 0.264 e. The highest BCUT2D eigenvalue weighted by molar-refractivity contribution is 7.90. The second kappa shape index (κ2) is 5.83. The van der Waals surface area contributed by atoms with E-state index in [0.29, 0.717) is 0 Å². The first-order chi connectivity index (χ1) is 8.31. The van der Waals surface area contributed by atoms with Gasteiger partial charge in [-0.05, 0) is 26.0 Å². The van der Waals surface area contributed by atoms with E-state index >= 15 is 0 Å². The minimum absolute atomic E-state index is 0.0439. The first kappa shape index (κ1) is 14.5. The fraction of sp³-hybridized carbons (Fsp3) is 0.364. The molecule has 0 saturated carbocycles. The molecule has 0 bridgehead atoms. The summed E-state index contributed by atoms with van der Waals surface area (Å²) in [6.07, 6.45) is -0.674. The first-order valence-corrected chi connectivity index (χ1v) is 6.87. The number of nitrogens with two attached hydrogens (primary N) is 1. The van der Waals surface area contributed by atoms with Gasteiger partial charge in [0.1, 0.15) is 0 Å². The molecule has 4 N–H and O–H groups in total. The van der Waals surface area contributed by atoms with Crippen molar-refractivity contribution in [1.82, 2.24) is 4.72 Å². The molecular formula is C11H17N3O3S. The molecule has 1 aromatic rings. The molecule has 0 fully saturated rings. The van der Waals surface area contributed by atoms with Crippen LogP contribution in [0, 0.1) is 6.92 Å². The van der Waals surface area contributed by atoms with E-state index in [1.54, 1.807) is 12.1 Å². The van der Waals surface area contributed by atoms with Crippen LogP contribution in [0.5, 0.6) is 0 Å². The van der Waals surface area contributed by atoms with Gasteiger partial charge in [0, 0.05) is 0 Å². The lowest BCUT2D eigenvalue weighted by Crippen LogP contribution is -2.37. The Kier molecular flexibility index (Phi) is 4.69. The molecular weight excluding hydrogens is 254 g/mol. The summed E-state index contributed by atoms with van der Waals surface area (Å²) in [6, 6.07) is 6.36. The molecule has 0 radical (unpaired) electrons. The van der Waals surface area contributed by atoms with Crippen molar-refractivity contribution < 1.29 is 13.5 Å². The summed E-state index contributed by atoms with van der Waals surface area (Å²) in [5.41, 5.74) is 6.39. The number of aliphatic hydroxyl groups excluding tert-OH is 1. The van der Waals surface area contributed by atoms with Crippen LogP contribution in [0.1, 0.15) is 12.5 Å². The van der Waals surface area contributed by atoms with E-state index in [-0.39, 0.29) is 17.4 Å². The van der Waals surface area contributed by atoms with E-state index in [9.17, 15) is 8.42 Å². The summed E-state index contributed by atoms with van der Waals surface area (Å²) in [5.74, 6) is -0.239. The molecule has 7 heteroatoms. The van der Waals surface area contributed by atoms with Gasteiger partial charge in [-0.3, -0.25) is 0 Å². The van der Waals surface area contributed by atoms with Gasteiger partial charge in [-0.1, -0.05) is 17.7 Å². The second-order valence-corrected chi connectivity index (χ2v) is 5.68. The van der Waals surface area contributed by atoms with Crippen LogP contribution in [0.15, 0.2) is 34.2 Å². The first-order valence-electron chi connectivity index (χ1n) is 5.39. The van der Waals surface area contributed by atoms with Crippen molar-refractivity contribution in [3.8, 4) is 0 Å². The highest BCUT2D eigenvalue weighted by Gasteiger charge is 2.14. The van der Waals surface area contributed by atoms with Crippen LogP contribution in [0.4, 0.5) is 0 Å². The van der Waals surface area contributed by atoms with E-state index in [1.807, 2.05) is 6.92 Å². The number of nitrogens with zero attached hydrogens (tertiary/aromatic N) is 1. The molecule has 1 rings (SSSR count). The van der Waals surface area contributed by atoms with Crippen LogP contribution in [0.25, 0.3) is 0 Å². The molecule has 0 amide bonds. The fourth-order valence-electron chi connectivity index (χ4n) is 1.18. The van der Waals surface area contributed by atoms with Crippen molar-refractivity contribution >= 4 is 16.0 Å². The molecule has 0 saturated heterocycles. The lowest BCUT2D eigenvalue weighted by Gasteiger charge is -2.08. The average Bonchev–Trinajstić information content (AvgIpc) is 2.26. The zero-order chi connectivity index (χ0) is 13.8. The zero-order valence-electron chi connectivity index (χ0n) is 10.3. The number of aryl methyl sites for hydroxylation is 1. The van der Waals surface area contributed by atoms with Crippen LogP contribution in [-0.2, 0) is 10.0 Å². The second-order valence-electron chi connectivity index (χ2n) is 3.99. The van der Waals surface area contributed by atoms with Crippen LogP contribution in [0.3, 0.4) is 0 Å². The third-order valence-electron chi connectivity index (χ3n) is 2.10. The van der Waals surface area contributed by atoms with Crippen LogP contribution < -0.4 is 10.5 Å². The molecule has 0 aliphatic carbocycles. The lowest BCUT2D eigenvalue weighted by atomic mass is 10.2. The summed E-state index contributed by atoms with van der Waals surface area (Å²) in [6.45, 7) is 3.44. The Labute approximate surface area is 107 Å². The van der Waals surface area contributed by atoms with E-state index in [1.165, 1.54) is 19.1 Å². The Bertz CT molecular complexity index is 521. The van der Waals surface area contributed by atoms with Gasteiger partial charge in [-0.2, -0.15) is 0 Å². The highest BCUT2D eigenvalue weighted by atomic mass is 32.2. The monoisotopic (exact) mass is 271 g/mol. The minimum atomic E-state index is -3.71. The van der Waals surface area contributed by atoms with Gasteiger partial charge in [-0.25, -0.2) is 18.1 Å². The van der Waals surface area contributed by atoms with E-state index in [0.717, 1.165) is 5.56 Å². The standard InChI is InChI=1S/C11H17N3O3S/c1-8-3-5-10(6-4-8)18(16,17)14-11(12)13-7-9(2)15/h3-6,9,15H,7H2,1-2H3,(H3,12,13,14). The maximum absolute atomic E-state index is 11.9. The van der Waals surface area contributed by atoms with Gasteiger partial charge in [0.25, 0.3) is 10.0 Å². The molecule has 0 spiro atoms. The third kappa shape index (κ3) is 4.34. The number of guanidine groups is 1. The largest absolute Gasteiger partial charge is 0.391 e. The quantitative estimate of drug-likeness (QED) is 0.528. The van der Waals surface area contributed by atoms with Crippen molar-refractivity contribution in [2.45, 2.75) is 24.8 Å². The minimum Gasteiger partial charge on any atom is -0.391 e. The van der Waals surface area contributed by atoms with E-state index in [2.05, 4.69) is 9.71 Å². The normalized spacial score (nSPS) is 14.3. The van der Waals surface area contributed by atoms with Gasteiger partial charge in [0.2, 0.25) is 5.96 Å². The fourth-order valence-corrected chi connectivity index (χ4v) is 2.13. The molecule has 18 heavy (non-hydrogen) atoms. The average molecular weight is 271 g/mol. The van der Waals surface area contributed by atoms with Crippen molar-refractivity contribution in [2.75, 3.05) is 6.54 Å². The predicted octanol–water partition coefficient (Wildman–Crippen LogP) is -0.0312. The Morgan fingerprint density at radius 3 is 2.50 bits per heavy atom. The lowest BCUT2D eigenvalue weighted by molar-refractivity contribution is 0.204. The highest BCUT2D eigenvalue weighted by Crippen LogP contribution is 2.09. The Morgan fingerprint density at radius 1 is 1.44 bits per heavy atom.